The van der Waals surface area contributed by atoms with E-state index in [1.807, 2.05) is 6.08 Å². The summed E-state index contributed by atoms with van der Waals surface area (Å²) in [5, 5.41) is 0. The van der Waals surface area contributed by atoms with Crippen LogP contribution in [0.4, 0.5) is 0 Å². The maximum Gasteiger partial charge on any atom is 0.306 e. The number of hydrogen-bond donors (Lipinski definition) is 0. The molecule has 5 nitrogen and oxygen atoms in total. The maximum absolute atomic E-state index is 12.8. The van der Waals surface area contributed by atoms with E-state index in [4.69, 9.17) is 14.2 Å². The minimum atomic E-state index is -0.617. The van der Waals surface area contributed by atoms with Crippen molar-refractivity contribution in [2.24, 2.45) is 0 Å². The highest BCUT2D eigenvalue weighted by Gasteiger charge is 2.17. The van der Waals surface area contributed by atoms with Gasteiger partial charge in [-0.15, -0.1) is 0 Å². The Morgan fingerprint density at radius 3 is 1.11 bits per heavy atom. The molecule has 0 bridgehead atoms. The van der Waals surface area contributed by atoms with Crippen molar-refractivity contribution in [1.82, 2.24) is 0 Å². The van der Waals surface area contributed by atoms with E-state index in [-0.39, 0.29) is 31.6 Å². The number of carbonyl (C=O) groups is 2. The van der Waals surface area contributed by atoms with Crippen molar-refractivity contribution in [1.29, 1.82) is 0 Å². The fourth-order valence-electron chi connectivity index (χ4n) is 5.96. The Bertz CT molecular complexity index is 1460. The molecular formula is C59H90O5. The van der Waals surface area contributed by atoms with Gasteiger partial charge in [0.25, 0.3) is 0 Å². The summed E-state index contributed by atoms with van der Waals surface area (Å²) in [5.74, 6) is -0.560. The average molecular weight is 879 g/mol. The number of ether oxygens (including phenoxy) is 3. The average Bonchev–Trinajstić information content (AvgIpc) is 3.30. The zero-order valence-electron chi connectivity index (χ0n) is 40.7. The Morgan fingerprint density at radius 2 is 0.688 bits per heavy atom. The van der Waals surface area contributed by atoms with E-state index >= 15 is 0 Å². The summed E-state index contributed by atoms with van der Waals surface area (Å²) in [7, 11) is 0. The SMILES string of the molecule is CC/C=C\C/C=C\C/C=C\C/C=C\C/C=C\C/C=C\CCC(=O)OCC(COCCC/C=C\C/C=C\C/C=C\C/C=C\CC)OC(=O)CCCCCCC/C=C\C/C=C\C/C=C\CC. The lowest BCUT2D eigenvalue weighted by molar-refractivity contribution is -0.162. The van der Waals surface area contributed by atoms with Gasteiger partial charge in [-0.2, -0.15) is 0 Å². The van der Waals surface area contributed by atoms with E-state index in [1.165, 1.54) is 0 Å². The number of unbranched alkanes of at least 4 members (excludes halogenated alkanes) is 6. The third kappa shape index (κ3) is 50.2. The molecule has 0 rings (SSSR count). The van der Waals surface area contributed by atoms with E-state index < -0.39 is 6.10 Å². The second-order valence-corrected chi connectivity index (χ2v) is 15.6. The molecule has 64 heavy (non-hydrogen) atoms. The van der Waals surface area contributed by atoms with Crippen LogP contribution in [-0.2, 0) is 23.8 Å². The minimum Gasteiger partial charge on any atom is -0.462 e. The molecule has 0 fully saturated rings. The molecule has 0 radical (unpaired) electrons. The first-order valence-corrected chi connectivity index (χ1v) is 25.0. The van der Waals surface area contributed by atoms with E-state index in [1.54, 1.807) is 0 Å². The van der Waals surface area contributed by atoms with Crippen molar-refractivity contribution in [3.8, 4) is 0 Å². The second kappa shape index (κ2) is 52.9. The number of allylic oxidation sites excluding steroid dienone is 26. The van der Waals surface area contributed by atoms with Crippen LogP contribution in [0.2, 0.25) is 0 Å². The molecule has 5 heteroatoms. The summed E-state index contributed by atoms with van der Waals surface area (Å²) < 4.78 is 17.2. The molecule has 0 aromatic carbocycles. The summed E-state index contributed by atoms with van der Waals surface area (Å²) >= 11 is 0. The lowest BCUT2D eigenvalue weighted by atomic mass is 10.1. The molecule has 0 saturated heterocycles. The summed E-state index contributed by atoms with van der Waals surface area (Å²) in [6.45, 7) is 7.21. The van der Waals surface area contributed by atoms with E-state index in [2.05, 4.69) is 173 Å². The lowest BCUT2D eigenvalue weighted by Gasteiger charge is -2.18. The monoisotopic (exact) mass is 879 g/mol. The van der Waals surface area contributed by atoms with Crippen LogP contribution in [0.3, 0.4) is 0 Å². The third-order valence-electron chi connectivity index (χ3n) is 9.55. The van der Waals surface area contributed by atoms with Crippen molar-refractivity contribution in [2.75, 3.05) is 19.8 Å². The highest BCUT2D eigenvalue weighted by Crippen LogP contribution is 2.11. The molecule has 0 saturated carbocycles. The number of esters is 2. The third-order valence-corrected chi connectivity index (χ3v) is 9.55. The van der Waals surface area contributed by atoms with Gasteiger partial charge in [-0.3, -0.25) is 9.59 Å². The van der Waals surface area contributed by atoms with Gasteiger partial charge in [-0.1, -0.05) is 198 Å². The molecule has 0 aromatic heterocycles. The summed E-state index contributed by atoms with van der Waals surface area (Å²) in [5.41, 5.74) is 0. The molecule has 0 aliphatic rings. The number of rotatable bonds is 43. The van der Waals surface area contributed by atoms with Crippen molar-refractivity contribution < 1.29 is 23.8 Å². The van der Waals surface area contributed by atoms with Crippen LogP contribution in [0.5, 0.6) is 0 Å². The predicted molar refractivity (Wildman–Crippen MR) is 278 cm³/mol. The largest absolute Gasteiger partial charge is 0.462 e. The molecule has 356 valence electrons. The van der Waals surface area contributed by atoms with Gasteiger partial charge in [0.2, 0.25) is 0 Å². The zero-order chi connectivity index (χ0) is 46.3. The van der Waals surface area contributed by atoms with Crippen LogP contribution in [0.25, 0.3) is 0 Å². The molecular weight excluding hydrogens is 789 g/mol. The topological polar surface area (TPSA) is 61.8 Å². The standard InChI is InChI=1S/C59H90O5/c1-4-7-10-13-16-19-22-25-28-29-30-31-33-34-37-40-43-46-49-52-58(60)63-56-57(55-62-54-51-48-45-42-39-36-27-24-21-18-15-12-9-6-3)64-59(61)53-50-47-44-41-38-35-32-26-23-20-17-14-11-8-5-2/h7-12,16-21,25-28,30-32,34,36-37,42-43,45-46,57H,4-6,13-15,22-24,29,33,35,38-41,44,47-56H2,1-3H3/b10-7-,11-8-,12-9-,19-16-,20-17-,21-18-,28-25-,31-30-,32-26-,36-27-,37-34-,45-42-,46-43-. The van der Waals surface area contributed by atoms with Gasteiger partial charge in [0.05, 0.1) is 6.61 Å². The van der Waals surface area contributed by atoms with Gasteiger partial charge in [0.1, 0.15) is 6.61 Å². The first-order chi connectivity index (χ1) is 31.6. The highest BCUT2D eigenvalue weighted by atomic mass is 16.6. The number of hydrogen-bond acceptors (Lipinski definition) is 5. The van der Waals surface area contributed by atoms with Gasteiger partial charge in [0, 0.05) is 19.4 Å². The molecule has 0 aromatic rings. The van der Waals surface area contributed by atoms with Gasteiger partial charge in [-0.05, 0) is 122 Å². The van der Waals surface area contributed by atoms with Crippen LogP contribution < -0.4 is 0 Å². The first kappa shape index (κ1) is 59.5. The van der Waals surface area contributed by atoms with E-state index in [0.29, 0.717) is 19.4 Å². The molecule has 0 N–H and O–H groups in total. The van der Waals surface area contributed by atoms with Crippen molar-refractivity contribution >= 4 is 11.9 Å². The molecule has 0 aliphatic heterocycles. The molecule has 1 atom stereocenters. The summed E-state index contributed by atoms with van der Waals surface area (Å²) in [6, 6.07) is 0. The summed E-state index contributed by atoms with van der Waals surface area (Å²) in [4.78, 5) is 25.4. The van der Waals surface area contributed by atoms with E-state index in [9.17, 15) is 9.59 Å². The smallest absolute Gasteiger partial charge is 0.306 e. The van der Waals surface area contributed by atoms with Crippen molar-refractivity contribution in [3.05, 3.63) is 158 Å². The predicted octanol–water partition coefficient (Wildman–Crippen LogP) is 17.1. The fourth-order valence-corrected chi connectivity index (χ4v) is 5.96. The normalized spacial score (nSPS) is 13.6. The molecule has 0 amide bonds. The molecule has 0 spiro atoms. The first-order valence-electron chi connectivity index (χ1n) is 25.0. The Labute approximate surface area is 393 Å². The summed E-state index contributed by atoms with van der Waals surface area (Å²) in [6.07, 6.45) is 78.4. The Morgan fingerprint density at radius 1 is 0.344 bits per heavy atom. The van der Waals surface area contributed by atoms with Crippen LogP contribution in [0, 0.1) is 0 Å². The van der Waals surface area contributed by atoms with Crippen LogP contribution in [0.15, 0.2) is 158 Å². The Kier molecular flexibility index (Phi) is 49.2. The number of carbonyl (C=O) groups excluding carboxylic acids is 2. The minimum absolute atomic E-state index is 0.00437. The fraction of sp³-hybridized carbons (Fsp3) is 0.525. The van der Waals surface area contributed by atoms with Gasteiger partial charge >= 0.3 is 11.9 Å². The second-order valence-electron chi connectivity index (χ2n) is 15.6. The van der Waals surface area contributed by atoms with Crippen molar-refractivity contribution in [2.45, 2.75) is 181 Å². The molecule has 1 unspecified atom stereocenters. The van der Waals surface area contributed by atoms with Crippen molar-refractivity contribution in [3.63, 3.8) is 0 Å². The van der Waals surface area contributed by atoms with Gasteiger partial charge < -0.3 is 14.2 Å². The van der Waals surface area contributed by atoms with Crippen LogP contribution in [0.1, 0.15) is 175 Å². The van der Waals surface area contributed by atoms with Gasteiger partial charge in [0.15, 0.2) is 6.10 Å². The Hall–Kier alpha value is -4.48. The van der Waals surface area contributed by atoms with Crippen LogP contribution in [-0.4, -0.2) is 37.9 Å². The Balaban J connectivity index is 4.53. The molecule has 0 aliphatic carbocycles. The molecule has 0 heterocycles. The lowest BCUT2D eigenvalue weighted by Crippen LogP contribution is -2.30. The maximum atomic E-state index is 12.8. The van der Waals surface area contributed by atoms with Crippen LogP contribution >= 0.6 is 0 Å². The highest BCUT2D eigenvalue weighted by molar-refractivity contribution is 5.70. The zero-order valence-corrected chi connectivity index (χ0v) is 40.7. The quantitative estimate of drug-likeness (QED) is 0.0347. The van der Waals surface area contributed by atoms with Gasteiger partial charge in [-0.25, -0.2) is 0 Å². The van der Waals surface area contributed by atoms with E-state index in [0.717, 1.165) is 135 Å².